The largest absolute Gasteiger partial charge is 0.353 e. The third-order valence-corrected chi connectivity index (χ3v) is 0.806. The molecule has 0 unspecified atom stereocenters. The Balaban J connectivity index is 3.15. The molecular formula is C6H10N2O2. The number of nitrogens with one attached hydrogen (secondary N) is 1. The zero-order chi connectivity index (χ0) is 7.82. The van der Waals surface area contributed by atoms with Gasteiger partial charge in [-0.25, -0.2) is 5.90 Å². The molecule has 0 radical (unpaired) electrons. The molecule has 0 spiro atoms. The molecule has 0 aliphatic heterocycles. The van der Waals surface area contributed by atoms with Crippen molar-refractivity contribution < 1.29 is 9.63 Å². The maximum absolute atomic E-state index is 10.5. The number of amides is 1. The van der Waals surface area contributed by atoms with Crippen LogP contribution in [0.4, 0.5) is 0 Å². The fraction of sp³-hybridized carbons (Fsp3) is 0.500. The van der Waals surface area contributed by atoms with Crippen molar-refractivity contribution in [1.29, 1.82) is 0 Å². The van der Waals surface area contributed by atoms with Gasteiger partial charge in [-0.1, -0.05) is 0 Å². The number of carbonyl (C=O) groups excluding carboxylic acids is 1. The van der Waals surface area contributed by atoms with E-state index in [1.807, 2.05) is 0 Å². The van der Waals surface area contributed by atoms with E-state index in [0.717, 1.165) is 0 Å². The van der Waals surface area contributed by atoms with Gasteiger partial charge in [0, 0.05) is 13.0 Å². The Morgan fingerprint density at radius 2 is 2.50 bits per heavy atom. The molecule has 0 aromatic heterocycles. The zero-order valence-electron chi connectivity index (χ0n) is 5.59. The molecule has 0 saturated carbocycles. The lowest BCUT2D eigenvalue weighted by molar-refractivity contribution is -0.125. The number of rotatable bonds is 4. The molecule has 0 bridgehead atoms. The Kier molecular flexibility index (Phi) is 5.44. The Labute approximate surface area is 59.7 Å². The van der Waals surface area contributed by atoms with Gasteiger partial charge in [-0.2, -0.15) is 0 Å². The van der Waals surface area contributed by atoms with Crippen LogP contribution in [-0.4, -0.2) is 19.1 Å². The van der Waals surface area contributed by atoms with Crippen molar-refractivity contribution in [3.8, 4) is 12.3 Å². The van der Waals surface area contributed by atoms with Crippen LogP contribution in [0.5, 0.6) is 0 Å². The second kappa shape index (κ2) is 6.08. The molecule has 0 heterocycles. The highest BCUT2D eigenvalue weighted by molar-refractivity contribution is 5.77. The summed E-state index contributed by atoms with van der Waals surface area (Å²) in [7, 11) is 0. The maximum Gasteiger partial charge on any atom is 0.248 e. The summed E-state index contributed by atoms with van der Waals surface area (Å²) in [5.41, 5.74) is 0. The highest BCUT2D eigenvalue weighted by Gasteiger charge is 1.96. The zero-order valence-corrected chi connectivity index (χ0v) is 5.59. The van der Waals surface area contributed by atoms with Crippen LogP contribution in [0.3, 0.4) is 0 Å². The molecule has 0 rings (SSSR count). The quantitative estimate of drug-likeness (QED) is 0.301. The van der Waals surface area contributed by atoms with Crippen LogP contribution in [0.2, 0.25) is 0 Å². The summed E-state index contributed by atoms with van der Waals surface area (Å²) in [6, 6.07) is 0. The van der Waals surface area contributed by atoms with Crippen molar-refractivity contribution in [2.75, 3.05) is 13.2 Å². The molecule has 1 amide bonds. The first-order valence-electron chi connectivity index (χ1n) is 2.83. The van der Waals surface area contributed by atoms with E-state index in [4.69, 9.17) is 6.42 Å². The molecule has 0 aromatic carbocycles. The number of terminal acetylenes is 1. The second-order valence-electron chi connectivity index (χ2n) is 1.62. The summed E-state index contributed by atoms with van der Waals surface area (Å²) in [6.07, 6.45) is 5.46. The monoisotopic (exact) mass is 142 g/mol. The molecule has 3 N–H and O–H groups in total. The first kappa shape index (κ1) is 8.95. The van der Waals surface area contributed by atoms with Gasteiger partial charge in [0.25, 0.3) is 0 Å². The number of hydrogen-bond acceptors (Lipinski definition) is 3. The minimum absolute atomic E-state index is 0.120. The van der Waals surface area contributed by atoms with Crippen molar-refractivity contribution in [1.82, 2.24) is 5.32 Å². The van der Waals surface area contributed by atoms with E-state index in [1.165, 1.54) is 0 Å². The van der Waals surface area contributed by atoms with Crippen LogP contribution in [-0.2, 0) is 9.63 Å². The van der Waals surface area contributed by atoms with E-state index in [0.29, 0.717) is 13.0 Å². The van der Waals surface area contributed by atoms with E-state index in [1.54, 1.807) is 0 Å². The average Bonchev–Trinajstić information content (AvgIpc) is 1.89. The van der Waals surface area contributed by atoms with Crippen LogP contribution in [0, 0.1) is 12.3 Å². The predicted octanol–water partition coefficient (Wildman–Crippen LogP) is -0.984. The predicted molar refractivity (Wildman–Crippen MR) is 36.6 cm³/mol. The van der Waals surface area contributed by atoms with Crippen molar-refractivity contribution in [2.45, 2.75) is 6.42 Å². The van der Waals surface area contributed by atoms with Crippen molar-refractivity contribution in [3.05, 3.63) is 0 Å². The number of hydrogen-bond donors (Lipinski definition) is 2. The summed E-state index contributed by atoms with van der Waals surface area (Å²) in [4.78, 5) is 14.6. The number of nitrogens with two attached hydrogens (primary N) is 1. The van der Waals surface area contributed by atoms with Gasteiger partial charge in [0.05, 0.1) is 0 Å². The first-order valence-corrected chi connectivity index (χ1v) is 2.83. The van der Waals surface area contributed by atoms with Gasteiger partial charge in [0.15, 0.2) is 0 Å². The topological polar surface area (TPSA) is 64.3 Å². The maximum atomic E-state index is 10.5. The summed E-state index contributed by atoms with van der Waals surface area (Å²) < 4.78 is 0. The lowest BCUT2D eigenvalue weighted by Gasteiger charge is -1.99. The minimum Gasteiger partial charge on any atom is -0.353 e. The molecule has 56 valence electrons. The Morgan fingerprint density at radius 3 is 3.00 bits per heavy atom. The SMILES string of the molecule is C#CCCNC(=O)CON. The molecule has 10 heavy (non-hydrogen) atoms. The summed E-state index contributed by atoms with van der Waals surface area (Å²) in [5, 5.41) is 2.50. The van der Waals surface area contributed by atoms with Gasteiger partial charge >= 0.3 is 0 Å². The highest BCUT2D eigenvalue weighted by Crippen LogP contribution is 1.71. The van der Waals surface area contributed by atoms with Crippen molar-refractivity contribution >= 4 is 5.91 Å². The second-order valence-corrected chi connectivity index (χ2v) is 1.62. The van der Waals surface area contributed by atoms with E-state index in [9.17, 15) is 4.79 Å². The van der Waals surface area contributed by atoms with Crippen LogP contribution in [0.1, 0.15) is 6.42 Å². The molecule has 0 aromatic rings. The molecule has 0 saturated heterocycles. The standard InChI is InChI=1S/C6H10N2O2/c1-2-3-4-8-6(9)5-10-7/h1H,3-5,7H2,(H,8,9). The van der Waals surface area contributed by atoms with E-state index in [2.05, 4.69) is 22.0 Å². The van der Waals surface area contributed by atoms with Crippen LogP contribution in [0.25, 0.3) is 0 Å². The van der Waals surface area contributed by atoms with Gasteiger partial charge in [0.2, 0.25) is 5.91 Å². The minimum atomic E-state index is -0.252. The van der Waals surface area contributed by atoms with Crippen molar-refractivity contribution in [2.24, 2.45) is 5.90 Å². The highest BCUT2D eigenvalue weighted by atomic mass is 16.6. The van der Waals surface area contributed by atoms with Gasteiger partial charge in [-0.05, 0) is 0 Å². The Bertz CT molecular complexity index is 139. The van der Waals surface area contributed by atoms with E-state index >= 15 is 0 Å². The Morgan fingerprint density at radius 1 is 1.80 bits per heavy atom. The van der Waals surface area contributed by atoms with E-state index < -0.39 is 0 Å². The van der Waals surface area contributed by atoms with Gasteiger partial charge in [0.1, 0.15) is 6.61 Å². The molecule has 0 aliphatic carbocycles. The molecule has 0 fully saturated rings. The van der Waals surface area contributed by atoms with Crippen LogP contribution >= 0.6 is 0 Å². The molecule has 0 aliphatic rings. The summed E-state index contributed by atoms with van der Waals surface area (Å²) >= 11 is 0. The first-order chi connectivity index (χ1) is 4.81. The third kappa shape index (κ3) is 5.09. The molecular weight excluding hydrogens is 132 g/mol. The lowest BCUT2D eigenvalue weighted by atomic mass is 10.4. The molecule has 4 heteroatoms. The average molecular weight is 142 g/mol. The smallest absolute Gasteiger partial charge is 0.248 e. The summed E-state index contributed by atoms with van der Waals surface area (Å²) in [6.45, 7) is 0.350. The fourth-order valence-electron chi connectivity index (χ4n) is 0.401. The summed E-state index contributed by atoms with van der Waals surface area (Å²) in [5.74, 6) is 6.76. The van der Waals surface area contributed by atoms with Gasteiger partial charge in [-0.3, -0.25) is 9.63 Å². The fourth-order valence-corrected chi connectivity index (χ4v) is 0.401. The van der Waals surface area contributed by atoms with Crippen molar-refractivity contribution in [3.63, 3.8) is 0 Å². The Hall–Kier alpha value is -1.05. The molecule has 4 nitrogen and oxygen atoms in total. The third-order valence-electron chi connectivity index (χ3n) is 0.806. The van der Waals surface area contributed by atoms with Crippen LogP contribution in [0.15, 0.2) is 0 Å². The lowest BCUT2D eigenvalue weighted by Crippen LogP contribution is -2.29. The van der Waals surface area contributed by atoms with Gasteiger partial charge < -0.3 is 5.32 Å². The van der Waals surface area contributed by atoms with E-state index in [-0.39, 0.29) is 12.5 Å². The van der Waals surface area contributed by atoms with Gasteiger partial charge in [-0.15, -0.1) is 12.3 Å². The van der Waals surface area contributed by atoms with Crippen LogP contribution < -0.4 is 11.2 Å². The molecule has 0 atom stereocenters. The number of carbonyl (C=O) groups is 1. The normalized spacial score (nSPS) is 8.40.